The molecule has 1 atom stereocenters. The Morgan fingerprint density at radius 2 is 2.27 bits per heavy atom. The summed E-state index contributed by atoms with van der Waals surface area (Å²) in [5.41, 5.74) is 4.92. The van der Waals surface area contributed by atoms with E-state index >= 15 is 0 Å². The fourth-order valence-corrected chi connectivity index (χ4v) is 1.27. The van der Waals surface area contributed by atoms with Gasteiger partial charge in [-0.05, 0) is 19.3 Å². The number of nitrogens with one attached hydrogen (secondary N) is 1. The van der Waals surface area contributed by atoms with Gasteiger partial charge < -0.3 is 10.8 Å². The molecule has 1 unspecified atom stereocenters. The largest absolute Gasteiger partial charge is 0.381 e. The molecule has 1 fully saturated rings. The lowest BCUT2D eigenvalue weighted by atomic mass is 9.73. The van der Waals surface area contributed by atoms with Crippen molar-refractivity contribution < 1.29 is 9.90 Å². The van der Waals surface area contributed by atoms with Crippen LogP contribution in [0.15, 0.2) is 0 Å². The number of aliphatic hydroxyl groups is 1. The highest BCUT2D eigenvalue weighted by Crippen LogP contribution is 2.32. The van der Waals surface area contributed by atoms with E-state index in [9.17, 15) is 9.90 Å². The van der Waals surface area contributed by atoms with Crippen molar-refractivity contribution in [3.8, 4) is 0 Å². The Morgan fingerprint density at radius 1 is 1.73 bits per heavy atom. The van der Waals surface area contributed by atoms with Gasteiger partial charge in [0.15, 0.2) is 6.10 Å². The maximum atomic E-state index is 10.8. The number of amides is 1. The van der Waals surface area contributed by atoms with E-state index in [1.54, 1.807) is 0 Å². The van der Waals surface area contributed by atoms with Crippen LogP contribution in [0.5, 0.6) is 0 Å². The van der Waals surface area contributed by atoms with Crippen molar-refractivity contribution >= 4 is 17.7 Å². The number of hydrogen-bond donors (Lipinski definition) is 3. The lowest BCUT2D eigenvalue weighted by molar-refractivity contribution is -0.133. The molecule has 0 aromatic heterocycles. The van der Waals surface area contributed by atoms with Gasteiger partial charge in [-0.2, -0.15) is 0 Å². The topological polar surface area (TPSA) is 75.3 Å². The van der Waals surface area contributed by atoms with Gasteiger partial charge >= 0.3 is 0 Å². The van der Waals surface area contributed by atoms with E-state index < -0.39 is 17.6 Å². The third-order valence-corrected chi connectivity index (χ3v) is 2.36. The van der Waals surface area contributed by atoms with Crippen molar-refractivity contribution in [2.45, 2.75) is 30.9 Å². The monoisotopic (exact) mass is 178 g/mol. The lowest BCUT2D eigenvalue weighted by Crippen LogP contribution is -2.60. The van der Waals surface area contributed by atoms with Gasteiger partial charge in [-0.25, -0.2) is 0 Å². The molecule has 11 heavy (non-hydrogen) atoms. The number of carbonyl (C=O) groups is 1. The zero-order valence-corrected chi connectivity index (χ0v) is 6.77. The first kappa shape index (κ1) is 8.77. The summed E-state index contributed by atoms with van der Waals surface area (Å²) in [4.78, 5) is 12.6. The van der Waals surface area contributed by atoms with Crippen molar-refractivity contribution in [1.29, 1.82) is 0 Å². The molecule has 0 heterocycles. The van der Waals surface area contributed by atoms with E-state index in [2.05, 4.69) is 0 Å². The third kappa shape index (κ3) is 1.47. The van der Waals surface area contributed by atoms with E-state index in [0.29, 0.717) is 12.8 Å². The average molecular weight is 179 g/mol. The number of nitrogens with two attached hydrogens (primary N) is 1. The first-order chi connectivity index (χ1) is 5.10. The first-order valence-corrected chi connectivity index (χ1v) is 3.85. The molecular formula is C6H11ClN2O2. The summed E-state index contributed by atoms with van der Waals surface area (Å²) in [7, 11) is 0. The Hall–Kier alpha value is -0.320. The molecule has 1 saturated carbocycles. The van der Waals surface area contributed by atoms with Crippen LogP contribution < -0.4 is 10.6 Å². The minimum atomic E-state index is -1.17. The fraction of sp³-hybridized carbons (Fsp3) is 0.833. The average Bonchev–Trinajstić information content (AvgIpc) is 1.97. The Kier molecular flexibility index (Phi) is 2.37. The zero-order valence-electron chi connectivity index (χ0n) is 6.01. The van der Waals surface area contributed by atoms with Gasteiger partial charge in [0.2, 0.25) is 0 Å². The van der Waals surface area contributed by atoms with Crippen molar-refractivity contribution in [3.63, 3.8) is 0 Å². The van der Waals surface area contributed by atoms with Crippen molar-refractivity contribution in [2.75, 3.05) is 0 Å². The number of carbonyl (C=O) groups excluding carboxylic acids is 1. The number of rotatable bonds is 2. The van der Waals surface area contributed by atoms with Crippen molar-refractivity contribution in [3.05, 3.63) is 0 Å². The fourth-order valence-electron chi connectivity index (χ4n) is 1.17. The molecule has 0 aliphatic heterocycles. The molecule has 1 aliphatic rings. The molecule has 4 N–H and O–H groups in total. The van der Waals surface area contributed by atoms with Crippen molar-refractivity contribution in [1.82, 2.24) is 4.84 Å². The second kappa shape index (κ2) is 2.97. The second-order valence-corrected chi connectivity index (χ2v) is 3.14. The number of halogens is 1. The van der Waals surface area contributed by atoms with E-state index in [1.165, 1.54) is 0 Å². The molecule has 1 rings (SSSR count). The quantitative estimate of drug-likeness (QED) is 0.499. The summed E-state index contributed by atoms with van der Waals surface area (Å²) >= 11 is 5.02. The van der Waals surface area contributed by atoms with E-state index in [-0.39, 0.29) is 0 Å². The number of hydrogen-bond acceptors (Lipinski definition) is 3. The Labute approximate surface area is 69.8 Å². The summed E-state index contributed by atoms with van der Waals surface area (Å²) in [5, 5.41) is 9.28. The third-order valence-electron chi connectivity index (χ3n) is 2.17. The molecule has 1 aliphatic carbocycles. The molecule has 0 bridgehead atoms. The predicted octanol–water partition coefficient (Wildman–Crippen LogP) is -0.501. The summed E-state index contributed by atoms with van der Waals surface area (Å²) in [5.74, 6) is -0.617. The van der Waals surface area contributed by atoms with Crippen LogP contribution in [0.1, 0.15) is 19.3 Å². The van der Waals surface area contributed by atoms with Crippen LogP contribution >= 0.6 is 11.8 Å². The lowest BCUT2D eigenvalue weighted by Gasteiger charge is -2.40. The minimum absolute atomic E-state index is 0.617. The molecule has 1 amide bonds. The van der Waals surface area contributed by atoms with Gasteiger partial charge in [-0.3, -0.25) is 9.63 Å². The SMILES string of the molecule is NC1(C(O)C(=O)NCl)CCC1. The summed E-state index contributed by atoms with van der Waals surface area (Å²) in [6, 6.07) is 0. The molecule has 0 aromatic rings. The highest BCUT2D eigenvalue weighted by molar-refractivity contribution is 6.22. The molecule has 0 aromatic carbocycles. The van der Waals surface area contributed by atoms with E-state index in [0.717, 1.165) is 6.42 Å². The Balaban J connectivity index is 2.52. The minimum Gasteiger partial charge on any atom is -0.381 e. The van der Waals surface area contributed by atoms with Crippen LogP contribution in [-0.2, 0) is 4.79 Å². The molecule has 0 radical (unpaired) electrons. The van der Waals surface area contributed by atoms with Gasteiger partial charge in [-0.1, -0.05) is 0 Å². The summed E-state index contributed by atoms with van der Waals surface area (Å²) < 4.78 is 0. The standard InChI is InChI=1S/C6H11ClN2O2/c7-9-5(11)4(10)6(8)2-1-3-6/h4,10H,1-3,8H2,(H,9,11). The highest BCUT2D eigenvalue weighted by Gasteiger charge is 2.43. The second-order valence-electron chi connectivity index (χ2n) is 2.95. The molecule has 0 spiro atoms. The van der Waals surface area contributed by atoms with Gasteiger partial charge in [0.05, 0.1) is 5.54 Å². The van der Waals surface area contributed by atoms with Gasteiger partial charge in [0, 0.05) is 11.8 Å². The maximum absolute atomic E-state index is 10.8. The molecule has 0 saturated heterocycles. The van der Waals surface area contributed by atoms with Gasteiger partial charge in [0.25, 0.3) is 5.91 Å². The van der Waals surface area contributed by atoms with Crippen LogP contribution in [0.4, 0.5) is 0 Å². The summed E-state index contributed by atoms with van der Waals surface area (Å²) in [6.45, 7) is 0. The van der Waals surface area contributed by atoms with Crippen molar-refractivity contribution in [2.24, 2.45) is 5.73 Å². The smallest absolute Gasteiger partial charge is 0.265 e. The van der Waals surface area contributed by atoms with Crippen LogP contribution in [0.25, 0.3) is 0 Å². The molecule has 64 valence electrons. The van der Waals surface area contributed by atoms with Crippen LogP contribution in [0, 0.1) is 0 Å². The highest BCUT2D eigenvalue weighted by atomic mass is 35.5. The van der Waals surface area contributed by atoms with E-state index in [4.69, 9.17) is 17.5 Å². The van der Waals surface area contributed by atoms with Gasteiger partial charge in [0.1, 0.15) is 0 Å². The first-order valence-electron chi connectivity index (χ1n) is 3.47. The molecule has 5 heteroatoms. The van der Waals surface area contributed by atoms with E-state index in [1.807, 2.05) is 4.84 Å². The van der Waals surface area contributed by atoms with Crippen LogP contribution in [0.3, 0.4) is 0 Å². The van der Waals surface area contributed by atoms with Gasteiger partial charge in [-0.15, -0.1) is 0 Å². The maximum Gasteiger partial charge on any atom is 0.265 e. The normalized spacial score (nSPS) is 23.5. The molecular weight excluding hydrogens is 168 g/mol. The molecule has 4 nitrogen and oxygen atoms in total. The zero-order chi connectivity index (χ0) is 8.48. The van der Waals surface area contributed by atoms with Crippen LogP contribution in [-0.4, -0.2) is 22.7 Å². The predicted molar refractivity (Wildman–Crippen MR) is 40.8 cm³/mol. The van der Waals surface area contributed by atoms with Crippen LogP contribution in [0.2, 0.25) is 0 Å². The Bertz CT molecular complexity index is 170. The number of aliphatic hydroxyl groups excluding tert-OH is 1. The summed E-state index contributed by atoms with van der Waals surface area (Å²) in [6.07, 6.45) is 1.15. The Morgan fingerprint density at radius 3 is 2.55 bits per heavy atom.